The average molecular weight is 446 g/mol. The minimum absolute atomic E-state index is 0.0393. The minimum atomic E-state index is -0.604. The number of amides is 1. The number of aromatic nitrogens is 3. The van der Waals surface area contributed by atoms with Gasteiger partial charge in [0.2, 0.25) is 0 Å². The van der Waals surface area contributed by atoms with Crippen LogP contribution in [0.15, 0.2) is 77.2 Å². The second-order valence-corrected chi connectivity index (χ2v) is 7.59. The van der Waals surface area contributed by atoms with Gasteiger partial charge < -0.3 is 10.1 Å². The Hall–Kier alpha value is -4.11. The van der Waals surface area contributed by atoms with Gasteiger partial charge in [0.1, 0.15) is 23.1 Å². The number of anilines is 1. The second kappa shape index (κ2) is 9.36. The molecular weight excluding hydrogens is 428 g/mol. The minimum Gasteiger partial charge on any atom is -0.468 e. The molecule has 8 nitrogen and oxygen atoms in total. The maximum absolute atomic E-state index is 13.1. The molecule has 2 heterocycles. The van der Waals surface area contributed by atoms with E-state index in [0.29, 0.717) is 17.0 Å². The zero-order chi connectivity index (χ0) is 22.5. The molecule has 4 aromatic rings. The maximum atomic E-state index is 13.1. The van der Waals surface area contributed by atoms with E-state index in [0.717, 1.165) is 10.6 Å². The Balaban J connectivity index is 1.63. The largest absolute Gasteiger partial charge is 0.468 e. The normalized spacial score (nSPS) is 10.5. The molecule has 0 spiro atoms. The van der Waals surface area contributed by atoms with Crippen LogP contribution in [0.5, 0.6) is 0 Å². The quantitative estimate of drug-likeness (QED) is 0.455. The van der Waals surface area contributed by atoms with Crippen LogP contribution in [0, 0.1) is 0 Å². The van der Waals surface area contributed by atoms with Gasteiger partial charge in [-0.25, -0.2) is 9.97 Å². The molecule has 0 unspecified atom stereocenters. The Morgan fingerprint density at radius 3 is 2.44 bits per heavy atom. The SMILES string of the molecule is COC(=O)Cn1c(-c2ccccc2)ncc(NC(=O)c2ccc(-c3nccs3)cc2)c1=O. The summed E-state index contributed by atoms with van der Waals surface area (Å²) in [6.45, 7) is -0.335. The number of hydrogen-bond donors (Lipinski definition) is 1. The number of hydrogen-bond acceptors (Lipinski definition) is 7. The summed E-state index contributed by atoms with van der Waals surface area (Å²) in [4.78, 5) is 46.3. The topological polar surface area (TPSA) is 103 Å². The second-order valence-electron chi connectivity index (χ2n) is 6.70. The van der Waals surface area contributed by atoms with E-state index in [1.54, 1.807) is 54.7 Å². The lowest BCUT2D eigenvalue weighted by Crippen LogP contribution is -2.30. The number of esters is 1. The van der Waals surface area contributed by atoms with Crippen LogP contribution in [-0.2, 0) is 16.1 Å². The molecule has 2 aromatic carbocycles. The van der Waals surface area contributed by atoms with Gasteiger partial charge in [-0.1, -0.05) is 42.5 Å². The van der Waals surface area contributed by atoms with Crippen LogP contribution in [0.25, 0.3) is 22.0 Å². The lowest BCUT2D eigenvalue weighted by molar-refractivity contribution is -0.141. The summed E-state index contributed by atoms with van der Waals surface area (Å²) in [7, 11) is 1.24. The van der Waals surface area contributed by atoms with Crippen LogP contribution in [0.1, 0.15) is 10.4 Å². The summed E-state index contributed by atoms with van der Waals surface area (Å²) >= 11 is 1.50. The third-order valence-corrected chi connectivity index (χ3v) is 5.49. The van der Waals surface area contributed by atoms with Crippen LogP contribution in [0.4, 0.5) is 5.69 Å². The fraction of sp³-hybridized carbons (Fsp3) is 0.0870. The number of carbonyl (C=O) groups excluding carboxylic acids is 2. The highest BCUT2D eigenvalue weighted by molar-refractivity contribution is 7.13. The lowest BCUT2D eigenvalue weighted by atomic mass is 10.1. The molecule has 0 fully saturated rings. The Kier molecular flexibility index (Phi) is 6.18. The van der Waals surface area contributed by atoms with Crippen molar-refractivity contribution >= 4 is 28.9 Å². The van der Waals surface area contributed by atoms with Crippen LogP contribution in [-0.4, -0.2) is 33.5 Å². The van der Waals surface area contributed by atoms with Gasteiger partial charge in [0.25, 0.3) is 11.5 Å². The van der Waals surface area contributed by atoms with E-state index in [2.05, 4.69) is 15.3 Å². The Labute approximate surface area is 187 Å². The van der Waals surface area contributed by atoms with Gasteiger partial charge in [0.05, 0.1) is 13.3 Å². The molecule has 0 saturated heterocycles. The molecule has 4 rings (SSSR count). The first-order valence-corrected chi connectivity index (χ1v) is 10.5. The first-order valence-electron chi connectivity index (χ1n) is 9.60. The molecule has 0 radical (unpaired) electrons. The fourth-order valence-electron chi connectivity index (χ4n) is 3.06. The third kappa shape index (κ3) is 4.47. The third-order valence-electron chi connectivity index (χ3n) is 4.67. The van der Waals surface area contributed by atoms with E-state index in [9.17, 15) is 14.4 Å². The summed E-state index contributed by atoms with van der Waals surface area (Å²) < 4.78 is 5.90. The number of nitrogens with zero attached hydrogens (tertiary/aromatic N) is 3. The summed E-state index contributed by atoms with van der Waals surface area (Å²) in [6.07, 6.45) is 3.01. The van der Waals surface area contributed by atoms with Crippen molar-refractivity contribution in [2.45, 2.75) is 6.54 Å². The maximum Gasteiger partial charge on any atom is 0.325 e. The number of benzene rings is 2. The van der Waals surface area contributed by atoms with Crippen molar-refractivity contribution in [3.63, 3.8) is 0 Å². The van der Waals surface area contributed by atoms with Crippen LogP contribution >= 0.6 is 11.3 Å². The standard InChI is InChI=1S/C23H18N4O4S/c1-31-19(28)14-27-20(15-5-3-2-4-6-15)25-13-18(23(27)30)26-21(29)16-7-9-17(10-8-16)22-24-11-12-32-22/h2-13H,14H2,1H3,(H,26,29). The van der Waals surface area contributed by atoms with Crippen LogP contribution < -0.4 is 10.9 Å². The number of ether oxygens (including phenoxy) is 1. The van der Waals surface area contributed by atoms with E-state index in [1.807, 2.05) is 11.4 Å². The highest BCUT2D eigenvalue weighted by Crippen LogP contribution is 2.22. The van der Waals surface area contributed by atoms with Crippen molar-refractivity contribution in [3.05, 3.63) is 88.3 Å². The van der Waals surface area contributed by atoms with E-state index in [-0.39, 0.29) is 12.2 Å². The molecule has 0 aliphatic heterocycles. The number of methoxy groups -OCH3 is 1. The van der Waals surface area contributed by atoms with Crippen LogP contribution in [0.3, 0.4) is 0 Å². The lowest BCUT2D eigenvalue weighted by Gasteiger charge is -2.13. The molecule has 160 valence electrons. The Morgan fingerprint density at radius 1 is 1.03 bits per heavy atom. The highest BCUT2D eigenvalue weighted by Gasteiger charge is 2.17. The molecule has 0 bridgehead atoms. The van der Waals surface area contributed by atoms with E-state index in [1.165, 1.54) is 29.2 Å². The molecule has 1 amide bonds. The monoisotopic (exact) mass is 446 g/mol. The highest BCUT2D eigenvalue weighted by atomic mass is 32.1. The van der Waals surface area contributed by atoms with Gasteiger partial charge in [-0.2, -0.15) is 0 Å². The number of thiazole rings is 1. The number of nitrogens with one attached hydrogen (secondary N) is 1. The van der Waals surface area contributed by atoms with Gasteiger partial charge in [-0.05, 0) is 12.1 Å². The van der Waals surface area contributed by atoms with Gasteiger partial charge in [0.15, 0.2) is 0 Å². The van der Waals surface area contributed by atoms with E-state index >= 15 is 0 Å². The number of rotatable bonds is 6. The van der Waals surface area contributed by atoms with Crippen molar-refractivity contribution in [3.8, 4) is 22.0 Å². The average Bonchev–Trinajstić information content (AvgIpc) is 3.37. The fourth-order valence-corrected chi connectivity index (χ4v) is 3.71. The number of carbonyl (C=O) groups is 2. The van der Waals surface area contributed by atoms with E-state index < -0.39 is 17.4 Å². The van der Waals surface area contributed by atoms with Crippen molar-refractivity contribution in [2.75, 3.05) is 12.4 Å². The zero-order valence-electron chi connectivity index (χ0n) is 17.0. The first-order chi connectivity index (χ1) is 15.6. The smallest absolute Gasteiger partial charge is 0.325 e. The van der Waals surface area contributed by atoms with Gasteiger partial charge in [-0.3, -0.25) is 19.0 Å². The predicted molar refractivity (Wildman–Crippen MR) is 121 cm³/mol. The molecule has 0 saturated carbocycles. The molecule has 2 aromatic heterocycles. The van der Waals surface area contributed by atoms with Crippen molar-refractivity contribution in [2.24, 2.45) is 0 Å². The summed E-state index contributed by atoms with van der Waals surface area (Å²) in [6, 6.07) is 15.9. The van der Waals surface area contributed by atoms with Gasteiger partial charge in [-0.15, -0.1) is 11.3 Å². The zero-order valence-corrected chi connectivity index (χ0v) is 17.8. The predicted octanol–water partition coefficient (Wildman–Crippen LogP) is 3.46. The molecule has 9 heteroatoms. The van der Waals surface area contributed by atoms with Gasteiger partial charge >= 0.3 is 5.97 Å². The molecule has 1 N–H and O–H groups in total. The molecule has 0 atom stereocenters. The summed E-state index contributed by atoms with van der Waals surface area (Å²) in [5.41, 5.74) is 1.32. The summed E-state index contributed by atoms with van der Waals surface area (Å²) in [5.74, 6) is -0.772. The molecular formula is C23H18N4O4S. The van der Waals surface area contributed by atoms with Crippen LogP contribution in [0.2, 0.25) is 0 Å². The van der Waals surface area contributed by atoms with Crippen molar-refractivity contribution in [1.82, 2.24) is 14.5 Å². The Bertz CT molecular complexity index is 1300. The summed E-state index contributed by atoms with van der Waals surface area (Å²) in [5, 5.41) is 5.32. The van der Waals surface area contributed by atoms with Gasteiger partial charge in [0, 0.05) is 28.3 Å². The molecule has 32 heavy (non-hydrogen) atoms. The van der Waals surface area contributed by atoms with E-state index in [4.69, 9.17) is 4.74 Å². The molecule has 0 aliphatic rings. The van der Waals surface area contributed by atoms with Crippen molar-refractivity contribution < 1.29 is 14.3 Å². The van der Waals surface area contributed by atoms with Crippen molar-refractivity contribution in [1.29, 1.82) is 0 Å². The molecule has 0 aliphatic carbocycles. The Morgan fingerprint density at radius 2 is 1.78 bits per heavy atom. The first kappa shape index (κ1) is 21.1.